The van der Waals surface area contributed by atoms with Gasteiger partial charge in [-0.1, -0.05) is 6.07 Å². The first-order chi connectivity index (χ1) is 9.44. The number of nitrogens with one attached hydrogen (secondary N) is 1. The van der Waals surface area contributed by atoms with Gasteiger partial charge in [-0.3, -0.25) is 0 Å². The Kier molecular flexibility index (Phi) is 4.85. The summed E-state index contributed by atoms with van der Waals surface area (Å²) >= 11 is 0. The Morgan fingerprint density at radius 1 is 1.50 bits per heavy atom. The van der Waals surface area contributed by atoms with Crippen LogP contribution < -0.4 is 15.2 Å². The lowest BCUT2D eigenvalue weighted by Gasteiger charge is -2.13. The zero-order valence-electron chi connectivity index (χ0n) is 11.6. The Balaban J connectivity index is 1.77. The fourth-order valence-corrected chi connectivity index (χ4v) is 3.34. The number of sulfonamides is 1. The SMILES string of the molecule is CN1CCC(NS(=O)(=O)CCOc2cccc(N)c2)C1. The molecule has 0 amide bonds. The quantitative estimate of drug-likeness (QED) is 0.737. The van der Waals surface area contributed by atoms with Crippen molar-refractivity contribution in [3.63, 3.8) is 0 Å². The van der Waals surface area contributed by atoms with Crippen LogP contribution in [0.25, 0.3) is 0 Å². The number of nitrogen functional groups attached to an aromatic ring is 1. The summed E-state index contributed by atoms with van der Waals surface area (Å²) in [5.41, 5.74) is 6.22. The van der Waals surface area contributed by atoms with Crippen LogP contribution in [0.1, 0.15) is 6.42 Å². The minimum Gasteiger partial charge on any atom is -0.492 e. The first kappa shape index (κ1) is 15.1. The first-order valence-corrected chi connectivity index (χ1v) is 8.27. The van der Waals surface area contributed by atoms with Gasteiger partial charge in [-0.25, -0.2) is 13.1 Å². The standard InChI is InChI=1S/C13H21N3O3S/c1-16-6-5-12(10-16)15-20(17,18)8-7-19-13-4-2-3-11(14)9-13/h2-4,9,12,15H,5-8,10,14H2,1H3. The lowest BCUT2D eigenvalue weighted by molar-refractivity contribution is 0.340. The van der Waals surface area contributed by atoms with E-state index in [2.05, 4.69) is 9.62 Å². The normalized spacial score (nSPS) is 20.1. The predicted octanol–water partition coefficient (Wildman–Crippen LogP) is 0.271. The van der Waals surface area contributed by atoms with Gasteiger partial charge in [-0.2, -0.15) is 0 Å². The van der Waals surface area contributed by atoms with Gasteiger partial charge in [0.2, 0.25) is 10.0 Å². The molecule has 3 N–H and O–H groups in total. The molecule has 1 aromatic rings. The van der Waals surface area contributed by atoms with Crippen molar-refractivity contribution in [2.75, 3.05) is 38.2 Å². The maximum absolute atomic E-state index is 11.9. The van der Waals surface area contributed by atoms with Crippen LogP contribution in [0.4, 0.5) is 5.69 Å². The summed E-state index contributed by atoms with van der Waals surface area (Å²) < 4.78 is 31.9. The highest BCUT2D eigenvalue weighted by Gasteiger charge is 2.24. The number of likely N-dealkylation sites (tertiary alicyclic amines) is 1. The fraction of sp³-hybridized carbons (Fsp3) is 0.538. The Hall–Kier alpha value is -1.31. The van der Waals surface area contributed by atoms with Crippen molar-refractivity contribution in [2.45, 2.75) is 12.5 Å². The largest absolute Gasteiger partial charge is 0.492 e. The summed E-state index contributed by atoms with van der Waals surface area (Å²) in [6.07, 6.45) is 0.853. The molecule has 1 aliphatic rings. The lowest BCUT2D eigenvalue weighted by Crippen LogP contribution is -2.39. The van der Waals surface area contributed by atoms with Crippen molar-refractivity contribution in [3.8, 4) is 5.75 Å². The number of benzene rings is 1. The average molecular weight is 299 g/mol. The van der Waals surface area contributed by atoms with E-state index in [0.29, 0.717) is 11.4 Å². The van der Waals surface area contributed by atoms with Crippen LogP contribution in [0, 0.1) is 0 Å². The summed E-state index contributed by atoms with van der Waals surface area (Å²) in [5.74, 6) is 0.531. The Morgan fingerprint density at radius 3 is 2.95 bits per heavy atom. The highest BCUT2D eigenvalue weighted by Crippen LogP contribution is 2.14. The van der Waals surface area contributed by atoms with Crippen LogP contribution in [0.5, 0.6) is 5.75 Å². The second-order valence-corrected chi connectivity index (χ2v) is 6.98. The highest BCUT2D eigenvalue weighted by molar-refractivity contribution is 7.89. The predicted molar refractivity (Wildman–Crippen MR) is 79.2 cm³/mol. The second kappa shape index (κ2) is 6.43. The maximum atomic E-state index is 11.9. The van der Waals surface area contributed by atoms with E-state index < -0.39 is 10.0 Å². The monoisotopic (exact) mass is 299 g/mol. The van der Waals surface area contributed by atoms with Gasteiger partial charge < -0.3 is 15.4 Å². The highest BCUT2D eigenvalue weighted by atomic mass is 32.2. The number of anilines is 1. The molecule has 7 heteroatoms. The lowest BCUT2D eigenvalue weighted by atomic mass is 10.3. The van der Waals surface area contributed by atoms with E-state index in [0.717, 1.165) is 19.5 Å². The molecule has 0 saturated carbocycles. The Labute approximate surface area is 120 Å². The van der Waals surface area contributed by atoms with E-state index in [9.17, 15) is 8.42 Å². The van der Waals surface area contributed by atoms with Crippen LogP contribution >= 0.6 is 0 Å². The minimum absolute atomic E-state index is 0.0115. The number of hydrogen-bond acceptors (Lipinski definition) is 5. The van der Waals surface area contributed by atoms with E-state index in [4.69, 9.17) is 10.5 Å². The molecule has 0 radical (unpaired) electrons. The van der Waals surface area contributed by atoms with Gasteiger partial charge in [0.05, 0.1) is 5.75 Å². The second-order valence-electron chi connectivity index (χ2n) is 5.11. The third kappa shape index (κ3) is 4.66. The summed E-state index contributed by atoms with van der Waals surface area (Å²) in [6, 6.07) is 6.96. The molecule has 1 aliphatic heterocycles. The molecule has 112 valence electrons. The fourth-order valence-electron chi connectivity index (χ4n) is 2.22. The van der Waals surface area contributed by atoms with E-state index in [1.165, 1.54) is 0 Å². The van der Waals surface area contributed by atoms with Crippen LogP contribution in [0.3, 0.4) is 0 Å². The van der Waals surface area contributed by atoms with Gasteiger partial charge in [0.1, 0.15) is 12.4 Å². The van der Waals surface area contributed by atoms with Crippen molar-refractivity contribution in [2.24, 2.45) is 0 Å². The van der Waals surface area contributed by atoms with Gasteiger partial charge >= 0.3 is 0 Å². The van der Waals surface area contributed by atoms with Gasteiger partial charge in [0, 0.05) is 24.3 Å². The number of ether oxygens (including phenoxy) is 1. The van der Waals surface area contributed by atoms with Crippen LogP contribution in [0.15, 0.2) is 24.3 Å². The summed E-state index contributed by atoms with van der Waals surface area (Å²) in [6.45, 7) is 1.80. The average Bonchev–Trinajstić information content (AvgIpc) is 2.73. The number of rotatable bonds is 6. The molecule has 1 saturated heterocycles. The minimum atomic E-state index is -3.30. The van der Waals surface area contributed by atoms with Crippen molar-refractivity contribution in [3.05, 3.63) is 24.3 Å². The topological polar surface area (TPSA) is 84.7 Å². The van der Waals surface area contributed by atoms with Crippen molar-refractivity contribution >= 4 is 15.7 Å². The van der Waals surface area contributed by atoms with Gasteiger partial charge in [-0.05, 0) is 32.1 Å². The smallest absolute Gasteiger partial charge is 0.215 e. The molecular formula is C13H21N3O3S. The third-order valence-corrected chi connectivity index (χ3v) is 4.61. The molecule has 1 atom stereocenters. The number of nitrogens with zero attached hydrogens (tertiary/aromatic N) is 1. The molecule has 0 aliphatic carbocycles. The van der Waals surface area contributed by atoms with Gasteiger partial charge in [0.15, 0.2) is 0 Å². The van der Waals surface area contributed by atoms with E-state index >= 15 is 0 Å². The zero-order chi connectivity index (χ0) is 14.6. The van der Waals surface area contributed by atoms with Crippen molar-refractivity contribution in [1.29, 1.82) is 0 Å². The number of likely N-dealkylation sites (N-methyl/N-ethyl adjacent to an activating group) is 1. The molecule has 0 bridgehead atoms. The summed E-state index contributed by atoms with van der Waals surface area (Å²) in [7, 11) is -1.32. The summed E-state index contributed by atoms with van der Waals surface area (Å²) in [5, 5.41) is 0. The van der Waals surface area contributed by atoms with Crippen molar-refractivity contribution < 1.29 is 13.2 Å². The number of hydrogen-bond donors (Lipinski definition) is 2. The summed E-state index contributed by atoms with van der Waals surface area (Å²) in [4.78, 5) is 2.11. The Bertz CT molecular complexity index is 548. The number of nitrogens with two attached hydrogens (primary N) is 1. The molecular weight excluding hydrogens is 278 g/mol. The molecule has 1 unspecified atom stereocenters. The van der Waals surface area contributed by atoms with Gasteiger partial charge in [0.25, 0.3) is 0 Å². The van der Waals surface area contributed by atoms with Crippen LogP contribution in [0.2, 0.25) is 0 Å². The van der Waals surface area contributed by atoms with Crippen molar-refractivity contribution in [1.82, 2.24) is 9.62 Å². The van der Waals surface area contributed by atoms with Crippen LogP contribution in [-0.4, -0.2) is 51.9 Å². The van der Waals surface area contributed by atoms with E-state index in [1.807, 2.05) is 7.05 Å². The molecule has 1 heterocycles. The van der Waals surface area contributed by atoms with Gasteiger partial charge in [-0.15, -0.1) is 0 Å². The third-order valence-electron chi connectivity index (χ3n) is 3.22. The molecule has 0 aromatic heterocycles. The molecule has 1 aromatic carbocycles. The molecule has 2 rings (SSSR count). The maximum Gasteiger partial charge on any atom is 0.215 e. The Morgan fingerprint density at radius 2 is 2.30 bits per heavy atom. The zero-order valence-corrected chi connectivity index (χ0v) is 12.4. The van der Waals surface area contributed by atoms with E-state index in [-0.39, 0.29) is 18.4 Å². The molecule has 1 fully saturated rings. The first-order valence-electron chi connectivity index (χ1n) is 6.61. The molecule has 6 nitrogen and oxygen atoms in total. The van der Waals surface area contributed by atoms with Crippen LogP contribution in [-0.2, 0) is 10.0 Å². The molecule has 0 spiro atoms. The van der Waals surface area contributed by atoms with E-state index in [1.54, 1.807) is 24.3 Å². The molecule has 20 heavy (non-hydrogen) atoms.